The molecule has 0 amide bonds. The van der Waals surface area contributed by atoms with E-state index in [1.807, 2.05) is 0 Å². The van der Waals surface area contributed by atoms with Crippen molar-refractivity contribution < 1.29 is 18.3 Å². The molecular weight excluding hydrogens is 357 g/mol. The minimum atomic E-state index is -4.61. The normalized spacial score (nSPS) is 12.1. The summed E-state index contributed by atoms with van der Waals surface area (Å²) < 4.78 is 39.6. The summed E-state index contributed by atoms with van der Waals surface area (Å²) in [5.74, 6) is -0.0163. The van der Waals surface area contributed by atoms with Crippen LogP contribution in [0.15, 0.2) is 65.8 Å². The van der Waals surface area contributed by atoms with Gasteiger partial charge < -0.3 is 5.11 Å². The number of rotatable bonds is 4. The molecule has 8 heteroatoms. The van der Waals surface area contributed by atoms with Crippen molar-refractivity contribution in [3.05, 3.63) is 71.9 Å². The number of hydrazone groups is 1. The van der Waals surface area contributed by atoms with E-state index in [0.29, 0.717) is 16.8 Å². The summed E-state index contributed by atoms with van der Waals surface area (Å²) in [6, 6.07) is 15.5. The molecule has 0 radical (unpaired) electrons. The van der Waals surface area contributed by atoms with E-state index in [1.165, 1.54) is 12.1 Å². The third kappa shape index (κ3) is 4.60. The van der Waals surface area contributed by atoms with Gasteiger partial charge in [-0.1, -0.05) is 30.3 Å². The maximum atomic E-state index is 13.2. The van der Waals surface area contributed by atoms with Gasteiger partial charge in [0.25, 0.3) is 0 Å². The van der Waals surface area contributed by atoms with Gasteiger partial charge in [-0.2, -0.15) is 18.3 Å². The van der Waals surface area contributed by atoms with Crippen LogP contribution in [-0.2, 0) is 6.18 Å². The van der Waals surface area contributed by atoms with E-state index in [-0.39, 0.29) is 17.4 Å². The molecule has 2 N–H and O–H groups in total. The number of phenols is 1. The minimum absolute atomic E-state index is 0.0505. The Bertz CT molecular complexity index is 955. The van der Waals surface area contributed by atoms with Crippen LogP contribution in [0.2, 0.25) is 0 Å². The summed E-state index contributed by atoms with van der Waals surface area (Å²) in [6.45, 7) is 1.68. The van der Waals surface area contributed by atoms with Crippen molar-refractivity contribution in [3.63, 3.8) is 0 Å². The Labute approximate surface area is 153 Å². The summed E-state index contributed by atoms with van der Waals surface area (Å²) in [5.41, 5.74) is 3.18. The molecule has 0 unspecified atom stereocenters. The van der Waals surface area contributed by atoms with Crippen LogP contribution in [0.25, 0.3) is 11.4 Å². The Kier molecular flexibility index (Phi) is 5.07. The zero-order valence-corrected chi connectivity index (χ0v) is 14.2. The smallest absolute Gasteiger partial charge is 0.433 e. The van der Waals surface area contributed by atoms with Crippen LogP contribution < -0.4 is 5.43 Å². The zero-order valence-electron chi connectivity index (χ0n) is 14.2. The molecule has 0 saturated carbocycles. The van der Waals surface area contributed by atoms with Crippen molar-refractivity contribution in [1.82, 2.24) is 9.97 Å². The van der Waals surface area contributed by atoms with Crippen LogP contribution >= 0.6 is 0 Å². The third-order valence-electron chi connectivity index (χ3n) is 3.67. The van der Waals surface area contributed by atoms with Crippen molar-refractivity contribution in [1.29, 1.82) is 0 Å². The van der Waals surface area contributed by atoms with Gasteiger partial charge in [0.2, 0.25) is 0 Å². The van der Waals surface area contributed by atoms with Gasteiger partial charge in [-0.05, 0) is 36.8 Å². The molecule has 1 aromatic heterocycles. The van der Waals surface area contributed by atoms with E-state index in [0.717, 1.165) is 6.07 Å². The monoisotopic (exact) mass is 372 g/mol. The molecule has 0 bridgehead atoms. The molecule has 3 aromatic rings. The second-order valence-corrected chi connectivity index (χ2v) is 5.68. The van der Waals surface area contributed by atoms with Crippen LogP contribution in [0.5, 0.6) is 5.75 Å². The summed E-state index contributed by atoms with van der Waals surface area (Å²) in [5, 5.41) is 13.4. The number of nitrogens with one attached hydrogen (secondary N) is 1. The molecule has 3 rings (SSSR count). The third-order valence-corrected chi connectivity index (χ3v) is 3.67. The van der Waals surface area contributed by atoms with Gasteiger partial charge >= 0.3 is 6.18 Å². The lowest BCUT2D eigenvalue weighted by molar-refractivity contribution is -0.141. The Morgan fingerprint density at radius 1 is 1.00 bits per heavy atom. The Hall–Kier alpha value is -3.42. The number of nitrogens with zero attached hydrogens (tertiary/aromatic N) is 3. The lowest BCUT2D eigenvalue weighted by Crippen LogP contribution is -2.11. The van der Waals surface area contributed by atoms with Crippen molar-refractivity contribution in [2.45, 2.75) is 13.1 Å². The highest BCUT2D eigenvalue weighted by molar-refractivity contribution is 5.99. The molecule has 0 atom stereocenters. The van der Waals surface area contributed by atoms with Gasteiger partial charge in [0.1, 0.15) is 5.75 Å². The number of hydrogen-bond acceptors (Lipinski definition) is 5. The van der Waals surface area contributed by atoms with Gasteiger partial charge in [-0.25, -0.2) is 9.97 Å². The maximum Gasteiger partial charge on any atom is 0.433 e. The standard InChI is InChI=1S/C19H15F3N4O/c1-12(13-7-9-15(27)10-8-13)25-26-17-11-16(19(20,21)22)23-18(24-17)14-5-3-2-4-6-14/h2-11,27H,1H3,(H,23,24,26)/b25-12+. The van der Waals surface area contributed by atoms with Crippen molar-refractivity contribution in [3.8, 4) is 17.1 Å². The number of halogens is 3. The number of benzene rings is 2. The van der Waals surface area contributed by atoms with Crippen LogP contribution in [0.1, 0.15) is 18.2 Å². The van der Waals surface area contributed by atoms with Crippen LogP contribution in [-0.4, -0.2) is 20.8 Å². The van der Waals surface area contributed by atoms with Crippen molar-refractivity contribution >= 4 is 11.5 Å². The van der Waals surface area contributed by atoms with Crippen LogP contribution in [0.4, 0.5) is 19.0 Å². The lowest BCUT2D eigenvalue weighted by atomic mass is 10.1. The van der Waals surface area contributed by atoms with E-state index in [1.54, 1.807) is 49.4 Å². The van der Waals surface area contributed by atoms with E-state index in [2.05, 4.69) is 20.5 Å². The maximum absolute atomic E-state index is 13.2. The first-order chi connectivity index (χ1) is 12.8. The molecule has 0 fully saturated rings. The Morgan fingerprint density at radius 2 is 1.67 bits per heavy atom. The number of alkyl halides is 3. The summed E-state index contributed by atoms with van der Waals surface area (Å²) >= 11 is 0. The highest BCUT2D eigenvalue weighted by Crippen LogP contribution is 2.30. The number of phenolic OH excluding ortho intramolecular Hbond substituents is 1. The van der Waals surface area contributed by atoms with Crippen molar-refractivity contribution in [2.24, 2.45) is 5.10 Å². The molecule has 2 aromatic carbocycles. The molecular formula is C19H15F3N4O. The number of aromatic nitrogens is 2. The number of hydrogen-bond donors (Lipinski definition) is 2. The second-order valence-electron chi connectivity index (χ2n) is 5.68. The molecule has 0 saturated heterocycles. The Morgan fingerprint density at radius 3 is 2.30 bits per heavy atom. The average molecular weight is 372 g/mol. The highest BCUT2D eigenvalue weighted by Gasteiger charge is 2.33. The molecule has 5 nitrogen and oxygen atoms in total. The molecule has 27 heavy (non-hydrogen) atoms. The van der Waals surface area contributed by atoms with E-state index >= 15 is 0 Å². The predicted molar refractivity (Wildman–Crippen MR) is 96.4 cm³/mol. The molecule has 1 heterocycles. The summed E-state index contributed by atoms with van der Waals surface area (Å²) in [4.78, 5) is 7.75. The van der Waals surface area contributed by atoms with E-state index in [9.17, 15) is 18.3 Å². The zero-order chi connectivity index (χ0) is 19.4. The first-order valence-corrected chi connectivity index (χ1v) is 7.94. The average Bonchev–Trinajstić information content (AvgIpc) is 2.66. The molecule has 138 valence electrons. The fourth-order valence-electron chi connectivity index (χ4n) is 2.27. The molecule has 0 aliphatic rings. The quantitative estimate of drug-likeness (QED) is 0.514. The van der Waals surface area contributed by atoms with Gasteiger partial charge in [0.15, 0.2) is 17.3 Å². The van der Waals surface area contributed by atoms with E-state index < -0.39 is 11.9 Å². The summed E-state index contributed by atoms with van der Waals surface area (Å²) in [7, 11) is 0. The molecule has 0 aliphatic heterocycles. The first-order valence-electron chi connectivity index (χ1n) is 7.94. The molecule has 0 spiro atoms. The predicted octanol–water partition coefficient (Wildman–Crippen LogP) is 4.70. The van der Waals surface area contributed by atoms with Gasteiger partial charge in [-0.3, -0.25) is 5.43 Å². The first kappa shape index (κ1) is 18.4. The highest BCUT2D eigenvalue weighted by atomic mass is 19.4. The van der Waals surface area contributed by atoms with Gasteiger partial charge in [-0.15, -0.1) is 0 Å². The van der Waals surface area contributed by atoms with Crippen molar-refractivity contribution in [2.75, 3.05) is 5.43 Å². The van der Waals surface area contributed by atoms with Crippen LogP contribution in [0, 0.1) is 0 Å². The number of aromatic hydroxyl groups is 1. The fraction of sp³-hybridized carbons (Fsp3) is 0.105. The van der Waals surface area contributed by atoms with Crippen LogP contribution in [0.3, 0.4) is 0 Å². The Balaban J connectivity index is 1.94. The lowest BCUT2D eigenvalue weighted by Gasteiger charge is -2.11. The fourth-order valence-corrected chi connectivity index (χ4v) is 2.27. The number of anilines is 1. The SMILES string of the molecule is C/C(=N\Nc1cc(C(F)(F)F)nc(-c2ccccc2)n1)c1ccc(O)cc1. The van der Waals surface area contributed by atoms with Gasteiger partial charge in [0.05, 0.1) is 5.71 Å². The summed E-state index contributed by atoms with van der Waals surface area (Å²) in [6.07, 6.45) is -4.61. The molecule has 0 aliphatic carbocycles. The van der Waals surface area contributed by atoms with E-state index in [4.69, 9.17) is 0 Å². The van der Waals surface area contributed by atoms with Gasteiger partial charge in [0, 0.05) is 11.6 Å². The largest absolute Gasteiger partial charge is 0.508 e. The minimum Gasteiger partial charge on any atom is -0.508 e. The topological polar surface area (TPSA) is 70.4 Å². The second kappa shape index (κ2) is 7.45.